The van der Waals surface area contributed by atoms with Crippen molar-refractivity contribution in [2.24, 2.45) is 13.0 Å². The number of rotatable bonds is 6. The van der Waals surface area contributed by atoms with Crippen molar-refractivity contribution in [2.45, 2.75) is 19.8 Å². The third-order valence-corrected chi connectivity index (χ3v) is 5.96. The second-order valence-corrected chi connectivity index (χ2v) is 8.47. The molecule has 2 heterocycles. The van der Waals surface area contributed by atoms with Gasteiger partial charge in [0.25, 0.3) is 5.91 Å². The van der Waals surface area contributed by atoms with Crippen LogP contribution in [-0.2, 0) is 18.3 Å². The molecule has 2 aromatic carbocycles. The molecule has 1 aliphatic heterocycles. The normalized spacial score (nSPS) is 16.8. The van der Waals surface area contributed by atoms with Crippen LogP contribution in [-0.4, -0.2) is 57.3 Å². The molecule has 32 heavy (non-hydrogen) atoms. The Kier molecular flexibility index (Phi) is 6.69. The predicted octanol–water partition coefficient (Wildman–Crippen LogP) is 3.64. The number of aromatic nitrogens is 2. The number of hydrogen-bond donors (Lipinski definition) is 0. The summed E-state index contributed by atoms with van der Waals surface area (Å²) in [5.74, 6) is -0.254. The van der Waals surface area contributed by atoms with E-state index in [1.807, 2.05) is 36.2 Å². The topological polar surface area (TPSA) is 58.4 Å². The SMILES string of the molecule is CCCN1CCN(C(=O)c2cn(C)cn2)C[C@H](Cc2cccc(-c3ccccc3)c2)C1=O. The summed E-state index contributed by atoms with van der Waals surface area (Å²) in [4.78, 5) is 34.4. The quantitative estimate of drug-likeness (QED) is 0.600. The maximum atomic E-state index is 13.4. The lowest BCUT2D eigenvalue weighted by atomic mass is 9.94. The van der Waals surface area contributed by atoms with Gasteiger partial charge in [-0.1, -0.05) is 61.5 Å². The van der Waals surface area contributed by atoms with Gasteiger partial charge < -0.3 is 14.4 Å². The predicted molar refractivity (Wildman–Crippen MR) is 125 cm³/mol. The third kappa shape index (κ3) is 4.90. The maximum absolute atomic E-state index is 13.4. The molecule has 0 N–H and O–H groups in total. The Labute approximate surface area is 189 Å². The van der Waals surface area contributed by atoms with Gasteiger partial charge in [-0.15, -0.1) is 0 Å². The standard InChI is InChI=1S/C26H30N4O2/c1-3-12-29-13-14-30(26(32)24-18-28(2)19-27-24)17-23(25(29)31)16-20-8-7-11-22(15-20)21-9-5-4-6-10-21/h4-11,15,18-19,23H,3,12-14,16-17H2,1-2H3/t23-/m0/s1. The van der Waals surface area contributed by atoms with Crippen molar-refractivity contribution in [3.05, 3.63) is 78.4 Å². The van der Waals surface area contributed by atoms with Crippen LogP contribution >= 0.6 is 0 Å². The van der Waals surface area contributed by atoms with Gasteiger partial charge in [0.05, 0.1) is 12.2 Å². The van der Waals surface area contributed by atoms with Gasteiger partial charge in [-0.2, -0.15) is 0 Å². The third-order valence-electron chi connectivity index (χ3n) is 5.96. The van der Waals surface area contributed by atoms with Gasteiger partial charge in [0, 0.05) is 39.4 Å². The van der Waals surface area contributed by atoms with Gasteiger partial charge in [0.1, 0.15) is 5.69 Å². The molecule has 6 heteroatoms. The zero-order valence-electron chi connectivity index (χ0n) is 18.8. The summed E-state index contributed by atoms with van der Waals surface area (Å²) in [6, 6.07) is 18.6. The first-order valence-corrected chi connectivity index (χ1v) is 11.3. The van der Waals surface area contributed by atoms with Crippen LogP contribution in [0.15, 0.2) is 67.1 Å². The summed E-state index contributed by atoms with van der Waals surface area (Å²) >= 11 is 0. The number of carbonyl (C=O) groups is 2. The van der Waals surface area contributed by atoms with Crippen LogP contribution in [0.4, 0.5) is 0 Å². The van der Waals surface area contributed by atoms with Crippen molar-refractivity contribution in [3.8, 4) is 11.1 Å². The highest BCUT2D eigenvalue weighted by Crippen LogP contribution is 2.24. The van der Waals surface area contributed by atoms with Crippen molar-refractivity contribution < 1.29 is 9.59 Å². The molecule has 2 amide bonds. The van der Waals surface area contributed by atoms with Crippen LogP contribution in [0.5, 0.6) is 0 Å². The second kappa shape index (κ2) is 9.81. The van der Waals surface area contributed by atoms with Crippen LogP contribution < -0.4 is 0 Å². The minimum atomic E-state index is -0.275. The van der Waals surface area contributed by atoms with Crippen molar-refractivity contribution in [1.82, 2.24) is 19.4 Å². The number of nitrogens with zero attached hydrogens (tertiary/aromatic N) is 4. The summed E-state index contributed by atoms with van der Waals surface area (Å²) in [5.41, 5.74) is 3.82. The zero-order valence-corrected chi connectivity index (χ0v) is 18.8. The molecule has 1 aliphatic rings. The van der Waals surface area contributed by atoms with Crippen LogP contribution in [0, 0.1) is 5.92 Å². The molecule has 3 aromatic rings. The van der Waals surface area contributed by atoms with Gasteiger partial charge in [0.15, 0.2) is 0 Å². The Bertz CT molecular complexity index is 1080. The molecule has 0 spiro atoms. The summed E-state index contributed by atoms with van der Waals surface area (Å²) < 4.78 is 1.77. The summed E-state index contributed by atoms with van der Waals surface area (Å²) in [5, 5.41) is 0. The minimum absolute atomic E-state index is 0.111. The number of amides is 2. The van der Waals surface area contributed by atoms with E-state index in [2.05, 4.69) is 42.2 Å². The van der Waals surface area contributed by atoms with Gasteiger partial charge in [-0.3, -0.25) is 9.59 Å². The van der Waals surface area contributed by atoms with Crippen molar-refractivity contribution in [2.75, 3.05) is 26.2 Å². The van der Waals surface area contributed by atoms with E-state index < -0.39 is 0 Å². The first-order chi connectivity index (χ1) is 15.5. The van der Waals surface area contributed by atoms with Crippen LogP contribution in [0.3, 0.4) is 0 Å². The molecule has 0 saturated carbocycles. The Morgan fingerprint density at radius 1 is 1.06 bits per heavy atom. The molecule has 0 radical (unpaired) electrons. The lowest BCUT2D eigenvalue weighted by Gasteiger charge is -2.24. The monoisotopic (exact) mass is 430 g/mol. The minimum Gasteiger partial charge on any atom is -0.341 e. The molecule has 6 nitrogen and oxygen atoms in total. The van der Waals surface area contributed by atoms with E-state index in [0.29, 0.717) is 38.3 Å². The fourth-order valence-electron chi connectivity index (χ4n) is 4.35. The van der Waals surface area contributed by atoms with E-state index in [9.17, 15) is 9.59 Å². The number of carbonyl (C=O) groups excluding carboxylic acids is 2. The highest BCUT2D eigenvalue weighted by molar-refractivity contribution is 5.93. The summed E-state index contributed by atoms with van der Waals surface area (Å²) in [6.07, 6.45) is 4.87. The lowest BCUT2D eigenvalue weighted by molar-refractivity contribution is -0.134. The molecule has 0 bridgehead atoms. The van der Waals surface area contributed by atoms with E-state index >= 15 is 0 Å². The van der Waals surface area contributed by atoms with Crippen LogP contribution in [0.2, 0.25) is 0 Å². The molecular weight excluding hydrogens is 400 g/mol. The van der Waals surface area contributed by atoms with E-state index in [1.165, 1.54) is 0 Å². The fourth-order valence-corrected chi connectivity index (χ4v) is 4.35. The number of hydrogen-bond acceptors (Lipinski definition) is 3. The largest absolute Gasteiger partial charge is 0.341 e. The number of benzene rings is 2. The molecule has 166 valence electrons. The van der Waals surface area contributed by atoms with E-state index in [1.54, 1.807) is 22.0 Å². The Morgan fingerprint density at radius 3 is 2.56 bits per heavy atom. The molecule has 1 fully saturated rings. The van der Waals surface area contributed by atoms with E-state index in [0.717, 1.165) is 23.1 Å². The number of aryl methyl sites for hydroxylation is 1. The second-order valence-electron chi connectivity index (χ2n) is 8.47. The summed E-state index contributed by atoms with van der Waals surface area (Å²) in [6.45, 7) is 4.29. The summed E-state index contributed by atoms with van der Waals surface area (Å²) in [7, 11) is 1.85. The first kappa shape index (κ1) is 21.8. The highest BCUT2D eigenvalue weighted by atomic mass is 16.2. The van der Waals surface area contributed by atoms with Crippen molar-refractivity contribution in [1.29, 1.82) is 0 Å². The maximum Gasteiger partial charge on any atom is 0.274 e. The average molecular weight is 431 g/mol. The molecule has 1 atom stereocenters. The van der Waals surface area contributed by atoms with Crippen LogP contribution in [0.25, 0.3) is 11.1 Å². The fraction of sp³-hybridized carbons (Fsp3) is 0.346. The molecular formula is C26H30N4O2. The van der Waals surface area contributed by atoms with Gasteiger partial charge in [0.2, 0.25) is 5.91 Å². The van der Waals surface area contributed by atoms with Gasteiger partial charge in [-0.25, -0.2) is 4.98 Å². The Balaban J connectivity index is 1.58. The first-order valence-electron chi connectivity index (χ1n) is 11.3. The zero-order chi connectivity index (χ0) is 22.5. The molecule has 0 unspecified atom stereocenters. The average Bonchev–Trinajstić information content (AvgIpc) is 3.20. The van der Waals surface area contributed by atoms with Crippen LogP contribution in [0.1, 0.15) is 29.4 Å². The molecule has 1 saturated heterocycles. The number of imidazole rings is 1. The Hall–Kier alpha value is -3.41. The van der Waals surface area contributed by atoms with Gasteiger partial charge in [-0.05, 0) is 29.5 Å². The van der Waals surface area contributed by atoms with E-state index in [4.69, 9.17) is 0 Å². The molecule has 4 rings (SSSR count). The van der Waals surface area contributed by atoms with Gasteiger partial charge >= 0.3 is 0 Å². The smallest absolute Gasteiger partial charge is 0.274 e. The molecule has 0 aliphatic carbocycles. The van der Waals surface area contributed by atoms with Crippen molar-refractivity contribution >= 4 is 11.8 Å². The highest BCUT2D eigenvalue weighted by Gasteiger charge is 2.33. The lowest BCUT2D eigenvalue weighted by Crippen LogP contribution is -2.38. The Morgan fingerprint density at radius 2 is 1.84 bits per heavy atom. The van der Waals surface area contributed by atoms with Crippen molar-refractivity contribution in [3.63, 3.8) is 0 Å². The van der Waals surface area contributed by atoms with E-state index in [-0.39, 0.29) is 17.7 Å². The molecule has 1 aromatic heterocycles.